The van der Waals surface area contributed by atoms with Gasteiger partial charge in [0.15, 0.2) is 14.9 Å². The normalized spacial score (nSPS) is 11.7. The van der Waals surface area contributed by atoms with Crippen LogP contribution < -0.4 is 14.2 Å². The Hall–Kier alpha value is -3.18. The van der Waals surface area contributed by atoms with Crippen molar-refractivity contribution >= 4 is 25.5 Å². The van der Waals surface area contributed by atoms with Crippen molar-refractivity contribution in [1.82, 2.24) is 10.2 Å². The molecule has 0 bridgehead atoms. The molecule has 0 aliphatic rings. The van der Waals surface area contributed by atoms with Crippen molar-refractivity contribution in [2.75, 3.05) is 25.2 Å². The van der Waals surface area contributed by atoms with Crippen molar-refractivity contribution in [3.8, 4) is 22.8 Å². The number of rotatable bonds is 7. The van der Waals surface area contributed by atoms with Crippen LogP contribution in [0.25, 0.3) is 11.3 Å². The van der Waals surface area contributed by atoms with Crippen molar-refractivity contribution < 1.29 is 26.3 Å². The highest BCUT2D eigenvalue weighted by molar-refractivity contribution is 7.92. The van der Waals surface area contributed by atoms with Crippen LogP contribution in [-0.2, 0) is 19.9 Å². The monoisotopic (exact) mass is 449 g/mol. The maximum Gasteiger partial charge on any atom is 0.265 e. The molecule has 0 aliphatic heterocycles. The molecule has 2 aromatic carbocycles. The lowest BCUT2D eigenvalue weighted by Gasteiger charge is -2.13. The molecule has 1 N–H and O–H groups in total. The third kappa shape index (κ3) is 4.69. The molecule has 1 aromatic heterocycles. The number of hydrogen-bond donors (Lipinski definition) is 1. The van der Waals surface area contributed by atoms with Gasteiger partial charge in [0.1, 0.15) is 16.4 Å². The molecule has 0 radical (unpaired) electrons. The largest absolute Gasteiger partial charge is 0.497 e. The molecule has 1 heterocycles. The third-order valence-corrected chi connectivity index (χ3v) is 6.47. The Kier molecular flexibility index (Phi) is 5.94. The summed E-state index contributed by atoms with van der Waals surface area (Å²) in [7, 11) is -4.64. The summed E-state index contributed by atoms with van der Waals surface area (Å²) in [4.78, 5) is -0.0768. The molecule has 9 nitrogen and oxygen atoms in total. The van der Waals surface area contributed by atoms with Gasteiger partial charge in [-0.2, -0.15) is 0 Å². The number of sulfone groups is 1. The first-order valence-corrected chi connectivity index (χ1v) is 11.9. The molecule has 0 atom stereocenters. The SMILES string of the molecule is COc1ccc(OC)c(S(=O)(=O)Nc2cccc(-c3ccc(S(C)(=O)=O)nn3)c2)c1. The molecule has 0 saturated carbocycles. The van der Waals surface area contributed by atoms with Gasteiger partial charge in [-0.15, -0.1) is 10.2 Å². The second kappa shape index (κ2) is 8.28. The Morgan fingerprint density at radius 3 is 2.23 bits per heavy atom. The highest BCUT2D eigenvalue weighted by atomic mass is 32.2. The summed E-state index contributed by atoms with van der Waals surface area (Å²) in [5, 5.41) is 7.49. The summed E-state index contributed by atoms with van der Waals surface area (Å²) in [6, 6.07) is 13.8. The molecule has 30 heavy (non-hydrogen) atoms. The minimum absolute atomic E-state index is 0.0768. The zero-order valence-corrected chi connectivity index (χ0v) is 18.0. The molecule has 0 aliphatic carbocycles. The molecule has 11 heteroatoms. The summed E-state index contributed by atoms with van der Waals surface area (Å²) in [6.45, 7) is 0. The van der Waals surface area contributed by atoms with Gasteiger partial charge in [0, 0.05) is 23.6 Å². The van der Waals surface area contributed by atoms with E-state index in [1.54, 1.807) is 30.3 Å². The molecule has 0 fully saturated rings. The molecular formula is C19H19N3O6S2. The Morgan fingerprint density at radius 2 is 1.63 bits per heavy atom. The first-order valence-electron chi connectivity index (χ1n) is 8.53. The lowest BCUT2D eigenvalue weighted by atomic mass is 10.1. The van der Waals surface area contributed by atoms with Crippen LogP contribution >= 0.6 is 0 Å². The number of ether oxygens (including phenoxy) is 2. The maximum absolute atomic E-state index is 12.9. The molecule has 0 saturated heterocycles. The molecule has 158 valence electrons. The van der Waals surface area contributed by atoms with Crippen LogP contribution in [0.4, 0.5) is 5.69 Å². The van der Waals surface area contributed by atoms with Gasteiger partial charge in [0.2, 0.25) is 0 Å². The summed E-state index contributed by atoms with van der Waals surface area (Å²) >= 11 is 0. The van der Waals surface area contributed by atoms with Crippen LogP contribution in [0.3, 0.4) is 0 Å². The van der Waals surface area contributed by atoms with E-state index in [2.05, 4.69) is 14.9 Å². The van der Waals surface area contributed by atoms with Crippen molar-refractivity contribution in [2.24, 2.45) is 0 Å². The highest BCUT2D eigenvalue weighted by Gasteiger charge is 2.21. The van der Waals surface area contributed by atoms with Gasteiger partial charge in [0.05, 0.1) is 19.9 Å². The summed E-state index contributed by atoms with van der Waals surface area (Å²) in [5.41, 5.74) is 1.23. The van der Waals surface area contributed by atoms with Crippen molar-refractivity contribution in [1.29, 1.82) is 0 Å². The second-order valence-electron chi connectivity index (χ2n) is 6.23. The minimum Gasteiger partial charge on any atom is -0.497 e. The predicted molar refractivity (Wildman–Crippen MR) is 111 cm³/mol. The number of anilines is 1. The minimum atomic E-state index is -3.98. The molecule has 3 aromatic rings. The molecule has 0 unspecified atom stereocenters. The first-order chi connectivity index (χ1) is 14.1. The third-order valence-electron chi connectivity index (χ3n) is 4.09. The maximum atomic E-state index is 12.9. The van der Waals surface area contributed by atoms with E-state index >= 15 is 0 Å². The Balaban J connectivity index is 1.93. The first kappa shape index (κ1) is 21.5. The average molecular weight is 450 g/mol. The number of aromatic nitrogens is 2. The second-order valence-corrected chi connectivity index (χ2v) is 9.85. The highest BCUT2D eigenvalue weighted by Crippen LogP contribution is 2.30. The number of benzene rings is 2. The quantitative estimate of drug-likeness (QED) is 0.583. The fourth-order valence-electron chi connectivity index (χ4n) is 2.62. The van der Waals surface area contributed by atoms with Crippen molar-refractivity contribution in [3.05, 3.63) is 54.6 Å². The van der Waals surface area contributed by atoms with Gasteiger partial charge in [-0.25, -0.2) is 16.8 Å². The summed E-state index contributed by atoms with van der Waals surface area (Å²) in [6.07, 6.45) is 1.04. The van der Waals surface area contributed by atoms with Crippen LogP contribution in [0.2, 0.25) is 0 Å². The fourth-order valence-corrected chi connectivity index (χ4v) is 4.36. The van der Waals surface area contributed by atoms with Crippen LogP contribution in [0, 0.1) is 0 Å². The zero-order chi connectivity index (χ0) is 21.9. The van der Waals surface area contributed by atoms with Crippen molar-refractivity contribution in [2.45, 2.75) is 9.92 Å². The fraction of sp³-hybridized carbons (Fsp3) is 0.158. The number of methoxy groups -OCH3 is 2. The number of nitrogens with one attached hydrogen (secondary N) is 1. The van der Waals surface area contributed by atoms with Crippen LogP contribution in [0.5, 0.6) is 11.5 Å². The standard InChI is InChI=1S/C19H19N3O6S2/c1-27-15-7-9-17(28-2)18(12-15)30(25,26)22-14-6-4-5-13(11-14)16-8-10-19(21-20-16)29(3,23)24/h4-12,22H,1-3H3. The van der Waals surface area contributed by atoms with Crippen LogP contribution in [0.1, 0.15) is 0 Å². The van der Waals surface area contributed by atoms with E-state index in [4.69, 9.17) is 9.47 Å². The van der Waals surface area contributed by atoms with Crippen LogP contribution in [0.15, 0.2) is 64.5 Å². The van der Waals surface area contributed by atoms with E-state index in [1.165, 1.54) is 38.5 Å². The number of hydrogen-bond acceptors (Lipinski definition) is 8. The Bertz CT molecular complexity index is 1270. The van der Waals surface area contributed by atoms with Gasteiger partial charge >= 0.3 is 0 Å². The molecule has 0 amide bonds. The van der Waals surface area contributed by atoms with Gasteiger partial charge in [-0.1, -0.05) is 12.1 Å². The lowest BCUT2D eigenvalue weighted by Crippen LogP contribution is -2.14. The molecule has 3 rings (SSSR count). The topological polar surface area (TPSA) is 125 Å². The van der Waals surface area contributed by atoms with E-state index in [0.717, 1.165) is 6.26 Å². The van der Waals surface area contributed by atoms with Crippen molar-refractivity contribution in [3.63, 3.8) is 0 Å². The number of sulfonamides is 1. The smallest absolute Gasteiger partial charge is 0.265 e. The Morgan fingerprint density at radius 1 is 0.867 bits per heavy atom. The summed E-state index contributed by atoms with van der Waals surface area (Å²) < 4.78 is 61.6. The van der Waals surface area contributed by atoms with Gasteiger partial charge < -0.3 is 9.47 Å². The average Bonchev–Trinajstić information content (AvgIpc) is 2.72. The van der Waals surface area contributed by atoms with E-state index in [-0.39, 0.29) is 21.4 Å². The van der Waals surface area contributed by atoms with Gasteiger partial charge in [-0.3, -0.25) is 4.72 Å². The lowest BCUT2D eigenvalue weighted by molar-refractivity contribution is 0.392. The van der Waals surface area contributed by atoms with E-state index < -0.39 is 19.9 Å². The van der Waals surface area contributed by atoms with Gasteiger partial charge in [0.25, 0.3) is 10.0 Å². The molecule has 0 spiro atoms. The van der Waals surface area contributed by atoms with E-state index in [0.29, 0.717) is 17.0 Å². The number of nitrogens with zero attached hydrogens (tertiary/aromatic N) is 2. The zero-order valence-electron chi connectivity index (χ0n) is 16.4. The summed E-state index contributed by atoms with van der Waals surface area (Å²) in [5.74, 6) is 0.535. The predicted octanol–water partition coefficient (Wildman–Crippen LogP) is 2.37. The van der Waals surface area contributed by atoms with E-state index in [9.17, 15) is 16.8 Å². The Labute approximate surface area is 174 Å². The van der Waals surface area contributed by atoms with E-state index in [1.807, 2.05) is 0 Å². The van der Waals surface area contributed by atoms with Gasteiger partial charge in [-0.05, 0) is 36.4 Å². The van der Waals surface area contributed by atoms with Crippen LogP contribution in [-0.4, -0.2) is 47.5 Å². The molecular weight excluding hydrogens is 430 g/mol.